The molecule has 1 fully saturated rings. The van der Waals surface area contributed by atoms with Crippen LogP contribution in [0.4, 0.5) is 4.79 Å². The molecule has 0 aliphatic carbocycles. The molecular weight excluding hydrogens is 244 g/mol. The first-order valence-electron chi connectivity index (χ1n) is 6.63. The van der Waals surface area contributed by atoms with Crippen molar-refractivity contribution < 1.29 is 14.7 Å². The maximum atomic E-state index is 12.0. The molecule has 1 rings (SSSR count). The van der Waals surface area contributed by atoms with E-state index < -0.39 is 11.4 Å². The molecule has 2 amide bonds. The fraction of sp³-hybridized carbons (Fsp3) is 0.714. The Balaban J connectivity index is 2.63. The predicted molar refractivity (Wildman–Crippen MR) is 72.6 cm³/mol. The number of hydrogen-bond acceptors (Lipinski definition) is 2. The van der Waals surface area contributed by atoms with Gasteiger partial charge in [0.05, 0.1) is 12.0 Å². The van der Waals surface area contributed by atoms with Crippen molar-refractivity contribution >= 4 is 12.0 Å². The van der Waals surface area contributed by atoms with Gasteiger partial charge >= 0.3 is 12.0 Å². The SMILES string of the molecule is C#CCN(C)C(=O)N1CCC(CCC)(C(=O)O)CC1. The second-order valence-corrected chi connectivity index (χ2v) is 5.17. The standard InChI is InChI=1S/C14H22N2O3/c1-4-6-14(12(17)18)7-10-16(11-8-14)13(19)15(3)9-5-2/h2H,4,6-11H2,1,3H3,(H,17,18). The van der Waals surface area contributed by atoms with E-state index in [0.29, 0.717) is 32.4 Å². The molecule has 0 radical (unpaired) electrons. The van der Waals surface area contributed by atoms with E-state index in [2.05, 4.69) is 5.92 Å². The molecule has 5 heteroatoms. The number of carboxylic acid groups (broad SMARTS) is 1. The molecule has 106 valence electrons. The zero-order valence-corrected chi connectivity index (χ0v) is 11.7. The molecule has 0 saturated carbocycles. The highest BCUT2D eigenvalue weighted by Crippen LogP contribution is 2.36. The van der Waals surface area contributed by atoms with Crippen molar-refractivity contribution in [3.05, 3.63) is 0 Å². The van der Waals surface area contributed by atoms with Gasteiger partial charge in [0.2, 0.25) is 0 Å². The van der Waals surface area contributed by atoms with Gasteiger partial charge in [0.1, 0.15) is 0 Å². The molecule has 1 N–H and O–H groups in total. The first-order chi connectivity index (χ1) is 8.96. The normalized spacial score (nSPS) is 17.6. The summed E-state index contributed by atoms with van der Waals surface area (Å²) >= 11 is 0. The molecule has 0 bridgehead atoms. The second kappa shape index (κ2) is 6.46. The zero-order valence-electron chi connectivity index (χ0n) is 11.7. The Hall–Kier alpha value is -1.70. The van der Waals surface area contributed by atoms with E-state index in [1.165, 1.54) is 4.90 Å². The van der Waals surface area contributed by atoms with E-state index in [1.54, 1.807) is 11.9 Å². The summed E-state index contributed by atoms with van der Waals surface area (Å²) in [4.78, 5) is 26.6. The Morgan fingerprint density at radius 2 is 2.00 bits per heavy atom. The number of terminal acetylenes is 1. The van der Waals surface area contributed by atoms with E-state index in [0.717, 1.165) is 6.42 Å². The van der Waals surface area contributed by atoms with Crippen molar-refractivity contribution in [3.63, 3.8) is 0 Å². The third-order valence-electron chi connectivity index (χ3n) is 3.83. The number of aliphatic carboxylic acids is 1. The van der Waals surface area contributed by atoms with E-state index in [4.69, 9.17) is 6.42 Å². The number of urea groups is 1. The van der Waals surface area contributed by atoms with Gasteiger partial charge in [-0.3, -0.25) is 4.79 Å². The van der Waals surface area contributed by atoms with Gasteiger partial charge in [-0.05, 0) is 19.3 Å². The Kier molecular flexibility index (Phi) is 5.22. The molecule has 1 aliphatic heterocycles. The van der Waals surface area contributed by atoms with Gasteiger partial charge < -0.3 is 14.9 Å². The van der Waals surface area contributed by atoms with Gasteiger partial charge in [0.15, 0.2) is 0 Å². The molecule has 5 nitrogen and oxygen atoms in total. The summed E-state index contributed by atoms with van der Waals surface area (Å²) < 4.78 is 0. The molecule has 0 aromatic carbocycles. The van der Waals surface area contributed by atoms with Crippen LogP contribution >= 0.6 is 0 Å². The molecule has 1 aliphatic rings. The predicted octanol–water partition coefficient (Wildman–Crippen LogP) is 1.64. The zero-order chi connectivity index (χ0) is 14.5. The smallest absolute Gasteiger partial charge is 0.320 e. The van der Waals surface area contributed by atoms with Gasteiger partial charge in [-0.15, -0.1) is 6.42 Å². The number of nitrogens with zero attached hydrogens (tertiary/aromatic N) is 2. The number of carbonyl (C=O) groups excluding carboxylic acids is 1. The molecule has 19 heavy (non-hydrogen) atoms. The van der Waals surface area contributed by atoms with Crippen molar-refractivity contribution in [2.75, 3.05) is 26.7 Å². The quantitative estimate of drug-likeness (QED) is 0.787. The number of carbonyl (C=O) groups is 2. The molecule has 1 heterocycles. The van der Waals surface area contributed by atoms with Crippen molar-refractivity contribution in [1.29, 1.82) is 0 Å². The van der Waals surface area contributed by atoms with E-state index in [1.807, 2.05) is 6.92 Å². The molecule has 0 atom stereocenters. The first kappa shape index (κ1) is 15.4. The highest BCUT2D eigenvalue weighted by atomic mass is 16.4. The first-order valence-corrected chi connectivity index (χ1v) is 6.63. The van der Waals surface area contributed by atoms with Crippen molar-refractivity contribution in [3.8, 4) is 12.3 Å². The summed E-state index contributed by atoms with van der Waals surface area (Å²) in [7, 11) is 1.66. The van der Waals surface area contributed by atoms with E-state index in [9.17, 15) is 14.7 Å². The van der Waals surface area contributed by atoms with Crippen LogP contribution < -0.4 is 0 Å². The average Bonchev–Trinajstić information content (AvgIpc) is 2.39. The average molecular weight is 266 g/mol. The summed E-state index contributed by atoms with van der Waals surface area (Å²) in [5.41, 5.74) is -0.657. The van der Waals surface area contributed by atoms with Crippen LogP contribution in [0.2, 0.25) is 0 Å². The van der Waals surface area contributed by atoms with Crippen LogP contribution in [0.1, 0.15) is 32.6 Å². The number of rotatable bonds is 4. The lowest BCUT2D eigenvalue weighted by Gasteiger charge is -2.39. The molecule has 0 aromatic rings. The summed E-state index contributed by atoms with van der Waals surface area (Å²) in [5, 5.41) is 9.40. The van der Waals surface area contributed by atoms with Gasteiger partial charge in [0.25, 0.3) is 0 Å². The highest BCUT2D eigenvalue weighted by Gasteiger charge is 2.41. The third-order valence-corrected chi connectivity index (χ3v) is 3.83. The lowest BCUT2D eigenvalue weighted by Crippen LogP contribution is -2.50. The van der Waals surface area contributed by atoms with Crippen LogP contribution in [0.15, 0.2) is 0 Å². The Labute approximate surface area is 114 Å². The second-order valence-electron chi connectivity index (χ2n) is 5.17. The maximum absolute atomic E-state index is 12.0. The van der Waals surface area contributed by atoms with E-state index in [-0.39, 0.29) is 12.6 Å². The number of carboxylic acids is 1. The van der Waals surface area contributed by atoms with Gasteiger partial charge in [-0.2, -0.15) is 0 Å². The minimum absolute atomic E-state index is 0.117. The van der Waals surface area contributed by atoms with Gasteiger partial charge in [-0.1, -0.05) is 19.3 Å². The summed E-state index contributed by atoms with van der Waals surface area (Å²) in [6.07, 6.45) is 7.73. The lowest BCUT2D eigenvalue weighted by atomic mass is 9.75. The summed E-state index contributed by atoms with van der Waals surface area (Å²) in [6, 6.07) is -0.117. The maximum Gasteiger partial charge on any atom is 0.320 e. The van der Waals surface area contributed by atoms with Crippen molar-refractivity contribution in [2.45, 2.75) is 32.6 Å². The topological polar surface area (TPSA) is 60.9 Å². The number of piperidine rings is 1. The Bertz CT molecular complexity index is 379. The Morgan fingerprint density at radius 3 is 2.42 bits per heavy atom. The van der Waals surface area contributed by atoms with Crippen LogP contribution in [-0.4, -0.2) is 53.6 Å². The fourth-order valence-corrected chi connectivity index (χ4v) is 2.62. The largest absolute Gasteiger partial charge is 0.481 e. The minimum atomic E-state index is -0.738. The third kappa shape index (κ3) is 3.40. The summed E-state index contributed by atoms with van der Waals surface area (Å²) in [5.74, 6) is 1.69. The van der Waals surface area contributed by atoms with Crippen LogP contribution in [0.25, 0.3) is 0 Å². The van der Waals surface area contributed by atoms with Crippen LogP contribution in [-0.2, 0) is 4.79 Å². The molecule has 0 aromatic heterocycles. The number of amides is 2. The van der Waals surface area contributed by atoms with Crippen molar-refractivity contribution in [1.82, 2.24) is 9.80 Å². The minimum Gasteiger partial charge on any atom is -0.481 e. The Morgan fingerprint density at radius 1 is 1.42 bits per heavy atom. The monoisotopic (exact) mass is 266 g/mol. The molecule has 0 spiro atoms. The van der Waals surface area contributed by atoms with Gasteiger partial charge in [-0.25, -0.2) is 4.79 Å². The van der Waals surface area contributed by atoms with Gasteiger partial charge in [0, 0.05) is 20.1 Å². The molecular formula is C14H22N2O3. The number of likely N-dealkylation sites (tertiary alicyclic amines) is 1. The fourth-order valence-electron chi connectivity index (χ4n) is 2.62. The number of hydrogen-bond donors (Lipinski definition) is 1. The van der Waals surface area contributed by atoms with Crippen LogP contribution in [0.5, 0.6) is 0 Å². The molecule has 1 saturated heterocycles. The lowest BCUT2D eigenvalue weighted by molar-refractivity contribution is -0.152. The van der Waals surface area contributed by atoms with E-state index >= 15 is 0 Å². The summed E-state index contributed by atoms with van der Waals surface area (Å²) in [6.45, 7) is 3.23. The van der Waals surface area contributed by atoms with Crippen LogP contribution in [0, 0.1) is 17.8 Å². The highest BCUT2D eigenvalue weighted by molar-refractivity contribution is 5.77. The van der Waals surface area contributed by atoms with Crippen molar-refractivity contribution in [2.24, 2.45) is 5.41 Å². The molecule has 0 unspecified atom stereocenters. The van der Waals surface area contributed by atoms with Crippen LogP contribution in [0.3, 0.4) is 0 Å².